The second-order valence-corrected chi connectivity index (χ2v) is 6.03. The van der Waals surface area contributed by atoms with E-state index in [0.29, 0.717) is 5.69 Å². The highest BCUT2D eigenvalue weighted by atomic mass is 32.2. The van der Waals surface area contributed by atoms with Crippen molar-refractivity contribution in [2.24, 2.45) is 0 Å². The van der Waals surface area contributed by atoms with Gasteiger partial charge in [0.25, 0.3) is 10.0 Å². The smallest absolute Gasteiger partial charge is 0.338 e. The van der Waals surface area contributed by atoms with Crippen LogP contribution in [-0.4, -0.2) is 24.7 Å². The highest BCUT2D eigenvalue weighted by molar-refractivity contribution is 7.92. The molecule has 1 heterocycles. The Labute approximate surface area is 119 Å². The Kier molecular flexibility index (Phi) is 3.69. The molecule has 0 spiro atoms. The minimum Gasteiger partial charge on any atom is -0.478 e. The van der Waals surface area contributed by atoms with Crippen LogP contribution in [0.2, 0.25) is 0 Å². The standard InChI is InChI=1S/C12H11FN2O5S/c1-6-3-8(5-9(11(6)13)12(16)17)21(18,19)15-10-4-7(2)14-20-10/h3-5,15H,1-2H3,(H,16,17). The van der Waals surface area contributed by atoms with Crippen molar-refractivity contribution in [3.8, 4) is 0 Å². The molecular formula is C12H11FN2O5S. The SMILES string of the molecule is Cc1cc(NS(=O)(=O)c2cc(C)c(F)c(C(=O)O)c2)on1. The molecule has 1 aromatic carbocycles. The monoisotopic (exact) mass is 314 g/mol. The van der Waals surface area contributed by atoms with E-state index in [1.54, 1.807) is 6.92 Å². The molecule has 0 radical (unpaired) electrons. The van der Waals surface area contributed by atoms with Gasteiger partial charge >= 0.3 is 5.97 Å². The number of nitrogens with one attached hydrogen (secondary N) is 1. The third-order valence-electron chi connectivity index (χ3n) is 2.63. The summed E-state index contributed by atoms with van der Waals surface area (Å²) in [6, 6.07) is 3.13. The summed E-state index contributed by atoms with van der Waals surface area (Å²) in [5, 5.41) is 12.4. The van der Waals surface area contributed by atoms with E-state index in [9.17, 15) is 17.6 Å². The highest BCUT2D eigenvalue weighted by Crippen LogP contribution is 2.22. The van der Waals surface area contributed by atoms with Crippen LogP contribution in [0, 0.1) is 19.7 Å². The molecular weight excluding hydrogens is 303 g/mol. The average molecular weight is 314 g/mol. The van der Waals surface area contributed by atoms with E-state index in [4.69, 9.17) is 9.63 Å². The van der Waals surface area contributed by atoms with Gasteiger partial charge in [-0.15, -0.1) is 0 Å². The zero-order chi connectivity index (χ0) is 15.8. The van der Waals surface area contributed by atoms with Crippen LogP contribution >= 0.6 is 0 Å². The van der Waals surface area contributed by atoms with Crippen LogP contribution in [0.3, 0.4) is 0 Å². The molecule has 112 valence electrons. The summed E-state index contributed by atoms with van der Waals surface area (Å²) in [6.07, 6.45) is 0. The van der Waals surface area contributed by atoms with Crippen LogP contribution in [-0.2, 0) is 10.0 Å². The van der Waals surface area contributed by atoms with Gasteiger partial charge in [0.15, 0.2) is 0 Å². The molecule has 2 rings (SSSR count). The quantitative estimate of drug-likeness (QED) is 0.892. The number of sulfonamides is 1. The van der Waals surface area contributed by atoms with Gasteiger partial charge in [-0.1, -0.05) is 5.16 Å². The summed E-state index contributed by atoms with van der Waals surface area (Å²) in [6.45, 7) is 2.88. The fraction of sp³-hybridized carbons (Fsp3) is 0.167. The summed E-state index contributed by atoms with van der Waals surface area (Å²) >= 11 is 0. The second kappa shape index (κ2) is 5.17. The summed E-state index contributed by atoms with van der Waals surface area (Å²) in [4.78, 5) is 10.5. The van der Waals surface area contributed by atoms with Crippen LogP contribution in [0.15, 0.2) is 27.6 Å². The molecule has 0 unspecified atom stereocenters. The Morgan fingerprint density at radius 1 is 1.33 bits per heavy atom. The molecule has 0 aliphatic rings. The third kappa shape index (κ3) is 3.02. The molecule has 7 nitrogen and oxygen atoms in total. The summed E-state index contributed by atoms with van der Waals surface area (Å²) < 4.78 is 44.7. The predicted molar refractivity (Wildman–Crippen MR) is 70.1 cm³/mol. The molecule has 0 aliphatic heterocycles. The van der Waals surface area contributed by atoms with Gasteiger partial charge in [-0.3, -0.25) is 0 Å². The number of nitrogens with zero attached hydrogens (tertiary/aromatic N) is 1. The van der Waals surface area contributed by atoms with Gasteiger partial charge in [-0.2, -0.15) is 0 Å². The van der Waals surface area contributed by atoms with Gasteiger partial charge in [0, 0.05) is 6.07 Å². The number of hydrogen-bond acceptors (Lipinski definition) is 5. The van der Waals surface area contributed by atoms with Crippen molar-refractivity contribution in [2.45, 2.75) is 18.7 Å². The molecule has 0 amide bonds. The van der Waals surface area contributed by atoms with Gasteiger partial charge in [0.2, 0.25) is 5.88 Å². The predicted octanol–water partition coefficient (Wildman–Crippen LogP) is 1.93. The lowest BCUT2D eigenvalue weighted by Crippen LogP contribution is -2.14. The topological polar surface area (TPSA) is 110 Å². The maximum atomic E-state index is 13.6. The Bertz CT molecular complexity index is 813. The number of carbonyl (C=O) groups is 1. The van der Waals surface area contributed by atoms with Gasteiger partial charge in [-0.05, 0) is 31.5 Å². The van der Waals surface area contributed by atoms with Crippen molar-refractivity contribution in [3.05, 3.63) is 40.8 Å². The summed E-state index contributed by atoms with van der Waals surface area (Å²) in [7, 11) is -4.11. The lowest BCUT2D eigenvalue weighted by atomic mass is 10.1. The van der Waals surface area contributed by atoms with Crippen LogP contribution in [0.5, 0.6) is 0 Å². The average Bonchev–Trinajstić information content (AvgIpc) is 2.76. The number of hydrogen-bond donors (Lipinski definition) is 2. The number of aromatic carboxylic acids is 1. The number of carboxylic acid groups (broad SMARTS) is 1. The van der Waals surface area contributed by atoms with Crippen molar-refractivity contribution in [1.82, 2.24) is 5.16 Å². The largest absolute Gasteiger partial charge is 0.478 e. The molecule has 0 bridgehead atoms. The van der Waals surface area contributed by atoms with Gasteiger partial charge < -0.3 is 9.63 Å². The molecule has 2 N–H and O–H groups in total. The van der Waals surface area contributed by atoms with Crippen molar-refractivity contribution < 1.29 is 27.2 Å². The van der Waals surface area contributed by atoms with Gasteiger partial charge in [0.05, 0.1) is 16.2 Å². The molecule has 9 heteroatoms. The first-order valence-corrected chi connectivity index (χ1v) is 7.18. The molecule has 0 saturated carbocycles. The van der Waals surface area contributed by atoms with Crippen LogP contribution < -0.4 is 4.72 Å². The zero-order valence-electron chi connectivity index (χ0n) is 11.0. The van der Waals surface area contributed by atoms with Crippen molar-refractivity contribution in [1.29, 1.82) is 0 Å². The minimum absolute atomic E-state index is 0.0935. The fourth-order valence-electron chi connectivity index (χ4n) is 1.65. The second-order valence-electron chi connectivity index (χ2n) is 4.34. The Balaban J connectivity index is 2.47. The molecule has 1 aromatic heterocycles. The first-order chi connectivity index (χ1) is 9.70. The van der Waals surface area contributed by atoms with Crippen molar-refractivity contribution >= 4 is 21.9 Å². The fourth-order valence-corrected chi connectivity index (χ4v) is 2.73. The van der Waals surface area contributed by atoms with Gasteiger partial charge in [-0.25, -0.2) is 22.3 Å². The van der Waals surface area contributed by atoms with Crippen molar-refractivity contribution in [3.63, 3.8) is 0 Å². The number of aromatic nitrogens is 1. The molecule has 21 heavy (non-hydrogen) atoms. The Morgan fingerprint density at radius 2 is 2.00 bits per heavy atom. The van der Waals surface area contributed by atoms with Crippen molar-refractivity contribution in [2.75, 3.05) is 4.72 Å². The molecule has 0 aliphatic carbocycles. The maximum Gasteiger partial charge on any atom is 0.338 e. The van der Waals surface area contributed by atoms with Gasteiger partial charge in [0.1, 0.15) is 5.82 Å². The van der Waals surface area contributed by atoms with Crippen LogP contribution in [0.1, 0.15) is 21.6 Å². The molecule has 2 aromatic rings. The number of halogens is 1. The van der Waals surface area contributed by atoms with E-state index in [2.05, 4.69) is 9.88 Å². The molecule has 0 saturated heterocycles. The van der Waals surface area contributed by atoms with E-state index in [0.717, 1.165) is 12.1 Å². The first kappa shape index (κ1) is 15.0. The lowest BCUT2D eigenvalue weighted by Gasteiger charge is -2.08. The highest BCUT2D eigenvalue weighted by Gasteiger charge is 2.22. The Hall–Kier alpha value is -2.42. The van der Waals surface area contributed by atoms with E-state index in [1.165, 1.54) is 13.0 Å². The Morgan fingerprint density at radius 3 is 2.52 bits per heavy atom. The number of rotatable bonds is 4. The van der Waals surface area contributed by atoms with Crippen LogP contribution in [0.4, 0.5) is 10.3 Å². The zero-order valence-corrected chi connectivity index (χ0v) is 11.9. The number of carboxylic acids is 1. The van der Waals surface area contributed by atoms with E-state index < -0.39 is 27.4 Å². The minimum atomic E-state index is -4.11. The van der Waals surface area contributed by atoms with E-state index in [1.807, 2.05) is 0 Å². The van der Waals surface area contributed by atoms with E-state index in [-0.39, 0.29) is 16.3 Å². The molecule has 0 atom stereocenters. The van der Waals surface area contributed by atoms with Crippen LogP contribution in [0.25, 0.3) is 0 Å². The normalized spacial score (nSPS) is 11.4. The molecule has 0 fully saturated rings. The number of anilines is 1. The first-order valence-electron chi connectivity index (χ1n) is 5.70. The third-order valence-corrected chi connectivity index (χ3v) is 3.96. The lowest BCUT2D eigenvalue weighted by molar-refractivity contribution is 0.0691. The number of benzene rings is 1. The summed E-state index contributed by atoms with van der Waals surface area (Å²) in [5.41, 5.74) is -0.345. The summed E-state index contributed by atoms with van der Waals surface area (Å²) in [5.74, 6) is -2.65. The maximum absolute atomic E-state index is 13.6. The van der Waals surface area contributed by atoms with E-state index >= 15 is 0 Å². The number of aryl methyl sites for hydroxylation is 2.